The Morgan fingerprint density at radius 2 is 0.955 bits per heavy atom. The molecule has 0 aromatic rings. The van der Waals surface area contributed by atoms with E-state index in [0.717, 1.165) is 0 Å². The molecule has 2 heteroatoms. The summed E-state index contributed by atoms with van der Waals surface area (Å²) in [5.74, 6) is 0. The standard InChI is InChI=1S/C18H34.C2H6O2/c1-3-5-7-9-11-13-15-17-18-16-14-12-10-8-6-4-2;1-3-4-2/h5,7,10,12H,3-4,6,8-9,11,13-18H2,1-2H3;1-2H3. The van der Waals surface area contributed by atoms with Crippen LogP contribution >= 0.6 is 0 Å². The molecule has 0 rings (SSSR count). The molecule has 0 unspecified atom stereocenters. The van der Waals surface area contributed by atoms with Crippen molar-refractivity contribution in [2.45, 2.75) is 90.9 Å². The molecule has 0 aliphatic heterocycles. The number of hydrogen-bond donors (Lipinski definition) is 0. The van der Waals surface area contributed by atoms with Gasteiger partial charge in [0.05, 0.1) is 14.2 Å². The second-order valence-electron chi connectivity index (χ2n) is 5.53. The van der Waals surface area contributed by atoms with E-state index < -0.39 is 0 Å². The topological polar surface area (TPSA) is 18.5 Å². The van der Waals surface area contributed by atoms with Crippen LogP contribution in [-0.4, -0.2) is 14.2 Å². The Balaban J connectivity index is 0. The van der Waals surface area contributed by atoms with Gasteiger partial charge in [0.25, 0.3) is 0 Å². The molecule has 0 N–H and O–H groups in total. The molecule has 0 heterocycles. The Labute approximate surface area is 139 Å². The quantitative estimate of drug-likeness (QED) is 0.148. The van der Waals surface area contributed by atoms with Gasteiger partial charge in [0.2, 0.25) is 0 Å². The third kappa shape index (κ3) is 27.7. The predicted molar refractivity (Wildman–Crippen MR) is 99.1 cm³/mol. The molecule has 2 nitrogen and oxygen atoms in total. The lowest BCUT2D eigenvalue weighted by Gasteiger charge is -1.99. The van der Waals surface area contributed by atoms with Crippen LogP contribution in [0.2, 0.25) is 0 Å². The summed E-state index contributed by atoms with van der Waals surface area (Å²) in [7, 11) is 2.92. The van der Waals surface area contributed by atoms with Gasteiger partial charge >= 0.3 is 0 Å². The van der Waals surface area contributed by atoms with Crippen LogP contribution in [0.1, 0.15) is 90.9 Å². The Morgan fingerprint density at radius 1 is 0.545 bits per heavy atom. The van der Waals surface area contributed by atoms with Gasteiger partial charge in [-0.05, 0) is 38.5 Å². The van der Waals surface area contributed by atoms with E-state index in [-0.39, 0.29) is 0 Å². The fourth-order valence-electron chi connectivity index (χ4n) is 2.07. The van der Waals surface area contributed by atoms with Gasteiger partial charge in [-0.2, -0.15) is 0 Å². The van der Waals surface area contributed by atoms with Gasteiger partial charge in [-0.25, -0.2) is 9.78 Å². The van der Waals surface area contributed by atoms with Crippen LogP contribution in [0.25, 0.3) is 0 Å². The number of rotatable bonds is 14. The maximum atomic E-state index is 4.04. The largest absolute Gasteiger partial charge is 0.240 e. The van der Waals surface area contributed by atoms with Crippen molar-refractivity contribution in [2.24, 2.45) is 0 Å². The Morgan fingerprint density at radius 3 is 1.36 bits per heavy atom. The van der Waals surface area contributed by atoms with Crippen LogP contribution in [0.15, 0.2) is 24.3 Å². The van der Waals surface area contributed by atoms with Crippen molar-refractivity contribution in [2.75, 3.05) is 14.2 Å². The van der Waals surface area contributed by atoms with E-state index in [4.69, 9.17) is 0 Å². The van der Waals surface area contributed by atoms with E-state index in [1.807, 2.05) is 0 Å². The third-order valence-electron chi connectivity index (χ3n) is 3.45. The minimum atomic E-state index is 1.19. The molecular weight excluding hydrogens is 272 g/mol. The van der Waals surface area contributed by atoms with Crippen molar-refractivity contribution in [3.63, 3.8) is 0 Å². The lowest BCUT2D eigenvalue weighted by Crippen LogP contribution is -1.79. The highest BCUT2D eigenvalue weighted by Gasteiger charge is 1.89. The van der Waals surface area contributed by atoms with Crippen LogP contribution in [-0.2, 0) is 9.78 Å². The summed E-state index contributed by atoms with van der Waals surface area (Å²) in [5, 5.41) is 0. The number of unbranched alkanes of at least 4 members (excludes halogenated alkanes) is 9. The second-order valence-corrected chi connectivity index (χ2v) is 5.53. The van der Waals surface area contributed by atoms with E-state index in [1.54, 1.807) is 0 Å². The van der Waals surface area contributed by atoms with Gasteiger partial charge in [0.15, 0.2) is 0 Å². The summed E-state index contributed by atoms with van der Waals surface area (Å²) in [5.41, 5.74) is 0. The SMILES string of the molecule is CCC=CCCCCCCCCC=CCCCC.COOC. The molecule has 0 aliphatic carbocycles. The lowest BCUT2D eigenvalue weighted by atomic mass is 10.1. The molecule has 22 heavy (non-hydrogen) atoms. The van der Waals surface area contributed by atoms with Gasteiger partial charge in [-0.1, -0.05) is 76.7 Å². The molecule has 0 aliphatic rings. The van der Waals surface area contributed by atoms with Crippen molar-refractivity contribution in [3.8, 4) is 0 Å². The monoisotopic (exact) mass is 312 g/mol. The van der Waals surface area contributed by atoms with E-state index >= 15 is 0 Å². The summed E-state index contributed by atoms with van der Waals surface area (Å²) in [4.78, 5) is 8.08. The molecule has 0 aromatic heterocycles. The minimum absolute atomic E-state index is 1.19. The first-order valence-corrected chi connectivity index (χ1v) is 9.20. The highest BCUT2D eigenvalue weighted by molar-refractivity contribution is 4.81. The summed E-state index contributed by atoms with van der Waals surface area (Å²) in [6, 6.07) is 0. The normalized spacial score (nSPS) is 11.1. The minimum Gasteiger partial charge on any atom is -0.240 e. The highest BCUT2D eigenvalue weighted by atomic mass is 17.2. The molecule has 0 bridgehead atoms. The maximum absolute atomic E-state index is 4.04. The molecule has 132 valence electrons. The van der Waals surface area contributed by atoms with Crippen LogP contribution in [0.5, 0.6) is 0 Å². The Bertz CT molecular complexity index is 220. The number of allylic oxidation sites excluding steroid dienone is 4. The third-order valence-corrected chi connectivity index (χ3v) is 3.45. The van der Waals surface area contributed by atoms with Gasteiger partial charge in [-0.15, -0.1) is 0 Å². The van der Waals surface area contributed by atoms with E-state index in [1.165, 1.54) is 91.3 Å². The zero-order chi connectivity index (χ0) is 16.7. The summed E-state index contributed by atoms with van der Waals surface area (Å²) >= 11 is 0. The molecule has 0 saturated heterocycles. The molecule has 0 radical (unpaired) electrons. The highest BCUT2D eigenvalue weighted by Crippen LogP contribution is 2.09. The van der Waals surface area contributed by atoms with Crippen molar-refractivity contribution in [1.29, 1.82) is 0 Å². The van der Waals surface area contributed by atoms with Crippen molar-refractivity contribution in [1.82, 2.24) is 0 Å². The Kier molecular flexibility index (Phi) is 27.3. The van der Waals surface area contributed by atoms with Crippen molar-refractivity contribution < 1.29 is 9.78 Å². The predicted octanol–water partition coefficient (Wildman–Crippen LogP) is 7.01. The first-order chi connectivity index (χ1) is 10.8. The van der Waals surface area contributed by atoms with E-state index in [2.05, 4.69) is 47.9 Å². The Hall–Kier alpha value is -0.600. The van der Waals surface area contributed by atoms with Gasteiger partial charge in [0.1, 0.15) is 0 Å². The summed E-state index contributed by atoms with van der Waals surface area (Å²) < 4.78 is 0. The van der Waals surface area contributed by atoms with Crippen LogP contribution in [0.4, 0.5) is 0 Å². The molecule has 0 fully saturated rings. The lowest BCUT2D eigenvalue weighted by molar-refractivity contribution is -0.248. The van der Waals surface area contributed by atoms with Gasteiger partial charge in [-0.3, -0.25) is 0 Å². The molecule has 0 atom stereocenters. The zero-order valence-corrected chi connectivity index (χ0v) is 15.6. The average molecular weight is 313 g/mol. The first kappa shape index (κ1) is 23.7. The fourth-order valence-corrected chi connectivity index (χ4v) is 2.07. The zero-order valence-electron chi connectivity index (χ0n) is 15.6. The molecule has 0 aromatic carbocycles. The van der Waals surface area contributed by atoms with Crippen LogP contribution in [0, 0.1) is 0 Å². The summed E-state index contributed by atoms with van der Waals surface area (Å²) in [6.07, 6.45) is 25.5. The average Bonchev–Trinajstić information content (AvgIpc) is 2.55. The molecular formula is C20H40O2. The maximum Gasteiger partial charge on any atom is 0.0712 e. The van der Waals surface area contributed by atoms with Crippen LogP contribution < -0.4 is 0 Å². The summed E-state index contributed by atoms with van der Waals surface area (Å²) in [6.45, 7) is 4.46. The van der Waals surface area contributed by atoms with E-state index in [0.29, 0.717) is 0 Å². The number of hydrogen-bond acceptors (Lipinski definition) is 2. The molecule has 0 spiro atoms. The second kappa shape index (κ2) is 25.4. The van der Waals surface area contributed by atoms with Gasteiger partial charge in [0, 0.05) is 0 Å². The van der Waals surface area contributed by atoms with Crippen LogP contribution in [0.3, 0.4) is 0 Å². The van der Waals surface area contributed by atoms with Gasteiger partial charge < -0.3 is 0 Å². The first-order valence-electron chi connectivity index (χ1n) is 9.20. The van der Waals surface area contributed by atoms with E-state index in [9.17, 15) is 0 Å². The molecule has 0 saturated carbocycles. The van der Waals surface area contributed by atoms with Crippen molar-refractivity contribution in [3.05, 3.63) is 24.3 Å². The smallest absolute Gasteiger partial charge is 0.0712 e. The molecule has 0 amide bonds. The fraction of sp³-hybridized carbons (Fsp3) is 0.800. The van der Waals surface area contributed by atoms with Crippen molar-refractivity contribution >= 4 is 0 Å².